The molecule has 0 spiro atoms. The van der Waals surface area contributed by atoms with Gasteiger partial charge in [-0.3, -0.25) is 5.32 Å². The van der Waals surface area contributed by atoms with Crippen molar-refractivity contribution in [2.24, 2.45) is 0 Å². The number of nitrogens with one attached hydrogen (secondary N) is 1. The molecule has 0 saturated carbocycles. The minimum Gasteiger partial charge on any atom is -0.499 e. The van der Waals surface area contributed by atoms with Gasteiger partial charge in [-0.1, -0.05) is 6.58 Å². The lowest BCUT2D eigenvalue weighted by Gasteiger charge is -2.15. The van der Waals surface area contributed by atoms with Gasteiger partial charge in [0.15, 0.2) is 0 Å². The summed E-state index contributed by atoms with van der Waals surface area (Å²) >= 11 is 0. The smallest absolute Gasteiger partial charge is 0.105 e. The second-order valence-electron chi connectivity index (χ2n) is 3.88. The van der Waals surface area contributed by atoms with E-state index in [4.69, 9.17) is 4.74 Å². The molecule has 0 rings (SSSR count). The highest BCUT2D eigenvalue weighted by atomic mass is 16.5. The Bertz CT molecular complexity index is 157. The molecule has 0 amide bonds. The van der Waals surface area contributed by atoms with Crippen LogP contribution in [0.4, 0.5) is 0 Å². The molecule has 0 aromatic heterocycles. The summed E-state index contributed by atoms with van der Waals surface area (Å²) < 4.78 is 5.21. The molecule has 0 aliphatic carbocycles. The average Bonchev–Trinajstić information content (AvgIpc) is 2.01. The van der Waals surface area contributed by atoms with E-state index in [0.717, 1.165) is 25.0 Å². The second kappa shape index (κ2) is 7.83. The van der Waals surface area contributed by atoms with Gasteiger partial charge in [-0.2, -0.15) is 0 Å². The van der Waals surface area contributed by atoms with Crippen LogP contribution in [0.2, 0.25) is 0 Å². The van der Waals surface area contributed by atoms with Gasteiger partial charge in [0.25, 0.3) is 0 Å². The van der Waals surface area contributed by atoms with Gasteiger partial charge in [0.05, 0.1) is 12.4 Å². The van der Waals surface area contributed by atoms with E-state index < -0.39 is 0 Å². The van der Waals surface area contributed by atoms with Crippen molar-refractivity contribution < 1.29 is 9.84 Å². The van der Waals surface area contributed by atoms with Crippen LogP contribution in [0.5, 0.6) is 0 Å². The van der Waals surface area contributed by atoms with E-state index in [-0.39, 0.29) is 6.23 Å². The molecule has 0 radical (unpaired) electrons. The Balaban J connectivity index is 3.23. The van der Waals surface area contributed by atoms with E-state index in [1.165, 1.54) is 0 Å². The quantitative estimate of drug-likeness (QED) is 0.358. The molecular weight excluding hydrogens is 178 g/mol. The van der Waals surface area contributed by atoms with Crippen molar-refractivity contribution in [3.05, 3.63) is 12.3 Å². The van der Waals surface area contributed by atoms with Gasteiger partial charge in [0.2, 0.25) is 0 Å². The summed E-state index contributed by atoms with van der Waals surface area (Å²) in [6.45, 7) is 10.2. The topological polar surface area (TPSA) is 41.5 Å². The van der Waals surface area contributed by atoms with E-state index >= 15 is 0 Å². The van der Waals surface area contributed by atoms with Gasteiger partial charge in [0.1, 0.15) is 6.23 Å². The van der Waals surface area contributed by atoms with Crippen LogP contribution in [0, 0.1) is 0 Å². The molecule has 2 N–H and O–H groups in total. The monoisotopic (exact) mass is 201 g/mol. The van der Waals surface area contributed by atoms with Crippen molar-refractivity contribution in [3.8, 4) is 0 Å². The number of allylic oxidation sites excluding steroid dienone is 1. The maximum Gasteiger partial charge on any atom is 0.105 e. The Hall–Kier alpha value is -0.540. The fourth-order valence-electron chi connectivity index (χ4n) is 1.15. The molecule has 0 bridgehead atoms. The molecule has 0 aliphatic heterocycles. The zero-order valence-electron chi connectivity index (χ0n) is 9.55. The zero-order chi connectivity index (χ0) is 11.0. The van der Waals surface area contributed by atoms with Crippen LogP contribution in [-0.2, 0) is 4.74 Å². The maximum atomic E-state index is 9.46. The van der Waals surface area contributed by atoms with Crippen molar-refractivity contribution in [3.63, 3.8) is 0 Å². The maximum absolute atomic E-state index is 9.46. The molecule has 14 heavy (non-hydrogen) atoms. The third kappa shape index (κ3) is 9.55. The van der Waals surface area contributed by atoms with Crippen LogP contribution in [-0.4, -0.2) is 24.0 Å². The van der Waals surface area contributed by atoms with Crippen LogP contribution >= 0.6 is 0 Å². The molecule has 3 nitrogen and oxygen atoms in total. The van der Waals surface area contributed by atoms with Crippen molar-refractivity contribution in [1.29, 1.82) is 0 Å². The third-order valence-electron chi connectivity index (χ3n) is 1.75. The van der Waals surface area contributed by atoms with Crippen LogP contribution < -0.4 is 5.32 Å². The number of hydrogen-bond acceptors (Lipinski definition) is 3. The SMILES string of the molecule is C=C(C)OCCCCC(O)NC(C)C. The molecular formula is C11H23NO2. The van der Waals surface area contributed by atoms with E-state index in [0.29, 0.717) is 12.6 Å². The minimum absolute atomic E-state index is 0.330. The lowest BCUT2D eigenvalue weighted by molar-refractivity contribution is 0.111. The first-order chi connectivity index (χ1) is 6.52. The number of unbranched alkanes of at least 4 members (excludes halogenated alkanes) is 1. The van der Waals surface area contributed by atoms with Gasteiger partial charge < -0.3 is 9.84 Å². The summed E-state index contributed by atoms with van der Waals surface area (Å²) in [5.41, 5.74) is 0. The summed E-state index contributed by atoms with van der Waals surface area (Å²) in [7, 11) is 0. The third-order valence-corrected chi connectivity index (χ3v) is 1.75. The van der Waals surface area contributed by atoms with Crippen LogP contribution in [0.25, 0.3) is 0 Å². The largest absolute Gasteiger partial charge is 0.499 e. The summed E-state index contributed by atoms with van der Waals surface area (Å²) in [4.78, 5) is 0. The van der Waals surface area contributed by atoms with E-state index in [9.17, 15) is 5.11 Å². The molecule has 84 valence electrons. The average molecular weight is 201 g/mol. The Morgan fingerprint density at radius 2 is 2.07 bits per heavy atom. The van der Waals surface area contributed by atoms with Crippen LogP contribution in [0.1, 0.15) is 40.0 Å². The molecule has 0 aromatic carbocycles. The van der Waals surface area contributed by atoms with Gasteiger partial charge in [-0.15, -0.1) is 0 Å². The molecule has 0 fully saturated rings. The van der Waals surface area contributed by atoms with Gasteiger partial charge in [-0.05, 0) is 40.0 Å². The molecule has 0 heterocycles. The summed E-state index contributed by atoms with van der Waals surface area (Å²) in [6, 6.07) is 0.330. The molecule has 0 saturated heterocycles. The predicted molar refractivity (Wildman–Crippen MR) is 58.9 cm³/mol. The molecule has 3 heteroatoms. The molecule has 1 unspecified atom stereocenters. The van der Waals surface area contributed by atoms with Crippen molar-refractivity contribution in [1.82, 2.24) is 5.32 Å². The van der Waals surface area contributed by atoms with Crippen molar-refractivity contribution >= 4 is 0 Å². The number of aliphatic hydroxyl groups is 1. The van der Waals surface area contributed by atoms with Crippen LogP contribution in [0.15, 0.2) is 12.3 Å². The first-order valence-electron chi connectivity index (χ1n) is 5.24. The lowest BCUT2D eigenvalue weighted by atomic mass is 10.2. The first kappa shape index (κ1) is 13.5. The Morgan fingerprint density at radius 3 is 2.57 bits per heavy atom. The summed E-state index contributed by atoms with van der Waals surface area (Å²) in [5, 5.41) is 12.5. The zero-order valence-corrected chi connectivity index (χ0v) is 9.55. The van der Waals surface area contributed by atoms with Gasteiger partial charge >= 0.3 is 0 Å². The number of hydrogen-bond donors (Lipinski definition) is 2. The van der Waals surface area contributed by atoms with Crippen LogP contribution in [0.3, 0.4) is 0 Å². The number of aliphatic hydroxyl groups excluding tert-OH is 1. The lowest BCUT2D eigenvalue weighted by Crippen LogP contribution is -2.34. The molecule has 0 aliphatic rings. The predicted octanol–water partition coefficient (Wildman–Crippen LogP) is 2.02. The highest BCUT2D eigenvalue weighted by Gasteiger charge is 2.04. The highest BCUT2D eigenvalue weighted by Crippen LogP contribution is 2.01. The molecule has 1 atom stereocenters. The first-order valence-corrected chi connectivity index (χ1v) is 5.24. The Labute approximate surface area is 87.2 Å². The van der Waals surface area contributed by atoms with Crippen molar-refractivity contribution in [2.45, 2.75) is 52.3 Å². The van der Waals surface area contributed by atoms with E-state index in [1.54, 1.807) is 0 Å². The Morgan fingerprint density at radius 1 is 1.43 bits per heavy atom. The van der Waals surface area contributed by atoms with Gasteiger partial charge in [-0.25, -0.2) is 0 Å². The number of rotatable bonds is 8. The Kier molecular flexibility index (Phi) is 7.52. The minimum atomic E-state index is -0.389. The van der Waals surface area contributed by atoms with E-state index in [2.05, 4.69) is 11.9 Å². The number of ether oxygens (including phenoxy) is 1. The fourth-order valence-corrected chi connectivity index (χ4v) is 1.15. The molecule has 0 aromatic rings. The summed E-state index contributed by atoms with van der Waals surface area (Å²) in [6.07, 6.45) is 2.31. The normalized spacial score (nSPS) is 12.9. The van der Waals surface area contributed by atoms with Gasteiger partial charge in [0, 0.05) is 6.04 Å². The second-order valence-corrected chi connectivity index (χ2v) is 3.88. The summed E-state index contributed by atoms with van der Waals surface area (Å²) in [5.74, 6) is 0.755. The van der Waals surface area contributed by atoms with E-state index in [1.807, 2.05) is 20.8 Å². The van der Waals surface area contributed by atoms with Crippen molar-refractivity contribution in [2.75, 3.05) is 6.61 Å². The standard InChI is InChI=1S/C11H23NO2/c1-9(2)12-11(13)7-5-6-8-14-10(3)4/h9,11-13H,3,5-8H2,1-2,4H3. The fraction of sp³-hybridized carbons (Fsp3) is 0.818. The highest BCUT2D eigenvalue weighted by molar-refractivity contribution is 4.73.